The molecule has 1 N–H and O–H groups in total. The minimum absolute atomic E-state index is 0.339. The van der Waals surface area contributed by atoms with Crippen molar-refractivity contribution >= 4 is 43.6 Å². The van der Waals surface area contributed by atoms with Crippen molar-refractivity contribution < 1.29 is 0 Å². The third-order valence-electron chi connectivity index (χ3n) is 2.94. The van der Waals surface area contributed by atoms with Crippen molar-refractivity contribution in [2.75, 3.05) is 6.54 Å². The lowest BCUT2D eigenvalue weighted by molar-refractivity contribution is 0.553. The molecule has 0 bridgehead atoms. The zero-order valence-corrected chi connectivity index (χ0v) is 13.7. The molecule has 3 heterocycles. The van der Waals surface area contributed by atoms with Crippen LogP contribution in [0.2, 0.25) is 0 Å². The molecule has 100 valence electrons. The first-order valence-corrected chi connectivity index (χ1v) is 8.70. The number of hydrogen-bond acceptors (Lipinski definition) is 4. The van der Waals surface area contributed by atoms with Crippen LogP contribution in [-0.2, 0) is 6.42 Å². The molecule has 3 aromatic rings. The summed E-state index contributed by atoms with van der Waals surface area (Å²) in [5.74, 6) is 0. The Kier molecular flexibility index (Phi) is 4.02. The Hall–Kier alpha value is -0.690. The molecule has 1 atom stereocenters. The molecule has 1 unspecified atom stereocenters. The molecule has 3 nitrogen and oxygen atoms in total. The van der Waals surface area contributed by atoms with Crippen LogP contribution in [-0.4, -0.2) is 15.9 Å². The number of nitrogens with zero attached hydrogens (tertiary/aromatic N) is 2. The summed E-state index contributed by atoms with van der Waals surface area (Å²) in [6, 6.07) is 2.53. The molecule has 6 heteroatoms. The highest BCUT2D eigenvalue weighted by molar-refractivity contribution is 9.10. The fourth-order valence-corrected chi connectivity index (χ4v) is 4.35. The van der Waals surface area contributed by atoms with Crippen molar-refractivity contribution in [1.29, 1.82) is 0 Å². The zero-order chi connectivity index (χ0) is 13.2. The number of imidazole rings is 1. The molecule has 3 aromatic heterocycles. The van der Waals surface area contributed by atoms with E-state index in [1.165, 1.54) is 4.88 Å². The van der Waals surface area contributed by atoms with E-state index < -0.39 is 0 Å². The maximum Gasteiger partial charge on any atom is 0.193 e. The van der Waals surface area contributed by atoms with Gasteiger partial charge in [-0.3, -0.25) is 4.40 Å². The molecule has 19 heavy (non-hydrogen) atoms. The fourth-order valence-electron chi connectivity index (χ4n) is 2.11. The standard InChI is InChI=1S/C13H14BrN3S2/c1-2-15-11(12-5-9(14)8-19-12)6-10-7-17-3-4-18-13(17)16-10/h3-5,7-8,11,15H,2,6H2,1H3. The van der Waals surface area contributed by atoms with Gasteiger partial charge >= 0.3 is 0 Å². The Morgan fingerprint density at radius 3 is 3.05 bits per heavy atom. The minimum Gasteiger partial charge on any atom is -0.309 e. The Bertz CT molecular complexity index is 642. The Morgan fingerprint density at radius 1 is 1.47 bits per heavy atom. The highest BCUT2D eigenvalue weighted by Gasteiger charge is 2.15. The SMILES string of the molecule is CCNC(Cc1cn2ccsc2n1)c1cc(Br)cs1. The Balaban J connectivity index is 1.82. The van der Waals surface area contributed by atoms with Gasteiger partial charge in [-0.2, -0.15) is 0 Å². The molecule has 0 aromatic carbocycles. The molecule has 0 aliphatic heterocycles. The first-order chi connectivity index (χ1) is 9.26. The predicted molar refractivity (Wildman–Crippen MR) is 85.2 cm³/mol. The van der Waals surface area contributed by atoms with Crippen LogP contribution < -0.4 is 5.32 Å². The van der Waals surface area contributed by atoms with Crippen molar-refractivity contribution in [3.05, 3.63) is 44.3 Å². The second-order valence-electron chi connectivity index (χ2n) is 4.31. The van der Waals surface area contributed by atoms with Gasteiger partial charge in [-0.1, -0.05) is 6.92 Å². The molecular weight excluding hydrogens is 342 g/mol. The zero-order valence-electron chi connectivity index (χ0n) is 10.5. The molecule has 0 radical (unpaired) electrons. The summed E-state index contributed by atoms with van der Waals surface area (Å²) in [5, 5.41) is 7.73. The summed E-state index contributed by atoms with van der Waals surface area (Å²) in [5.41, 5.74) is 1.14. The van der Waals surface area contributed by atoms with Gasteiger partial charge in [0.05, 0.1) is 5.69 Å². The lowest BCUT2D eigenvalue weighted by Gasteiger charge is -2.14. The van der Waals surface area contributed by atoms with Crippen LogP contribution in [0, 0.1) is 0 Å². The number of aromatic nitrogens is 2. The van der Waals surface area contributed by atoms with Crippen LogP contribution in [0.1, 0.15) is 23.5 Å². The fraction of sp³-hybridized carbons (Fsp3) is 0.308. The average Bonchev–Trinajstić information content (AvgIpc) is 3.03. The Morgan fingerprint density at radius 2 is 2.37 bits per heavy atom. The second kappa shape index (κ2) is 5.75. The molecule has 3 rings (SSSR count). The summed E-state index contributed by atoms with van der Waals surface area (Å²) < 4.78 is 3.24. The monoisotopic (exact) mass is 355 g/mol. The lowest BCUT2D eigenvalue weighted by atomic mass is 10.1. The van der Waals surface area contributed by atoms with Crippen molar-refractivity contribution in [1.82, 2.24) is 14.7 Å². The lowest BCUT2D eigenvalue weighted by Crippen LogP contribution is -2.22. The van der Waals surface area contributed by atoms with E-state index in [9.17, 15) is 0 Å². The summed E-state index contributed by atoms with van der Waals surface area (Å²) in [7, 11) is 0. The van der Waals surface area contributed by atoms with Gasteiger partial charge in [-0.25, -0.2) is 4.98 Å². The number of hydrogen-bond donors (Lipinski definition) is 1. The predicted octanol–water partition coefficient (Wildman–Crippen LogP) is 4.11. The van der Waals surface area contributed by atoms with Crippen LogP contribution >= 0.6 is 38.6 Å². The third kappa shape index (κ3) is 2.91. The highest BCUT2D eigenvalue weighted by Crippen LogP contribution is 2.28. The van der Waals surface area contributed by atoms with Gasteiger partial charge in [-0.05, 0) is 28.5 Å². The molecular formula is C13H14BrN3S2. The first-order valence-electron chi connectivity index (χ1n) is 6.14. The number of nitrogens with one attached hydrogen (secondary N) is 1. The number of halogens is 1. The number of thiophene rings is 1. The molecule has 0 saturated carbocycles. The van der Waals surface area contributed by atoms with Gasteiger partial charge in [0.15, 0.2) is 4.96 Å². The summed E-state index contributed by atoms with van der Waals surface area (Å²) in [4.78, 5) is 7.08. The molecule has 0 aliphatic rings. The normalized spacial score (nSPS) is 13.2. The maximum atomic E-state index is 4.66. The van der Waals surface area contributed by atoms with Crippen molar-refractivity contribution in [2.24, 2.45) is 0 Å². The summed E-state index contributed by atoms with van der Waals surface area (Å²) >= 11 is 6.98. The van der Waals surface area contributed by atoms with Gasteiger partial charge in [0, 0.05) is 45.0 Å². The topological polar surface area (TPSA) is 29.3 Å². The van der Waals surface area contributed by atoms with E-state index in [0.29, 0.717) is 6.04 Å². The van der Waals surface area contributed by atoms with E-state index in [4.69, 9.17) is 0 Å². The van der Waals surface area contributed by atoms with Crippen molar-refractivity contribution in [2.45, 2.75) is 19.4 Å². The second-order valence-corrected chi connectivity index (χ2v) is 7.04. The van der Waals surface area contributed by atoms with Gasteiger partial charge in [0.25, 0.3) is 0 Å². The van der Waals surface area contributed by atoms with Crippen LogP contribution in [0.4, 0.5) is 0 Å². The van der Waals surface area contributed by atoms with E-state index in [-0.39, 0.29) is 0 Å². The van der Waals surface area contributed by atoms with Gasteiger partial charge < -0.3 is 5.32 Å². The highest BCUT2D eigenvalue weighted by atomic mass is 79.9. The van der Waals surface area contributed by atoms with E-state index >= 15 is 0 Å². The van der Waals surface area contributed by atoms with E-state index in [1.54, 1.807) is 22.7 Å². The summed E-state index contributed by atoms with van der Waals surface area (Å²) in [6.07, 6.45) is 5.11. The van der Waals surface area contributed by atoms with Crippen LogP contribution in [0.3, 0.4) is 0 Å². The average molecular weight is 356 g/mol. The number of thiazole rings is 1. The van der Waals surface area contributed by atoms with Crippen molar-refractivity contribution in [3.8, 4) is 0 Å². The minimum atomic E-state index is 0.339. The van der Waals surface area contributed by atoms with E-state index in [2.05, 4.69) is 66.8 Å². The van der Waals surface area contributed by atoms with Gasteiger partial charge in [0.2, 0.25) is 0 Å². The maximum absolute atomic E-state index is 4.66. The third-order valence-corrected chi connectivity index (χ3v) is 5.52. The summed E-state index contributed by atoms with van der Waals surface area (Å²) in [6.45, 7) is 3.10. The number of fused-ring (bicyclic) bond motifs is 1. The number of rotatable bonds is 5. The van der Waals surface area contributed by atoms with E-state index in [0.717, 1.165) is 28.1 Å². The molecule has 0 amide bonds. The van der Waals surface area contributed by atoms with Gasteiger partial charge in [0.1, 0.15) is 0 Å². The molecule has 0 aliphatic carbocycles. The van der Waals surface area contributed by atoms with Crippen molar-refractivity contribution in [3.63, 3.8) is 0 Å². The largest absolute Gasteiger partial charge is 0.309 e. The molecule has 0 fully saturated rings. The smallest absolute Gasteiger partial charge is 0.193 e. The van der Waals surface area contributed by atoms with Gasteiger partial charge in [-0.15, -0.1) is 22.7 Å². The van der Waals surface area contributed by atoms with Crippen LogP contribution in [0.25, 0.3) is 4.96 Å². The van der Waals surface area contributed by atoms with E-state index in [1.807, 2.05) is 0 Å². The molecule has 0 saturated heterocycles. The Labute approximate surface area is 128 Å². The van der Waals surface area contributed by atoms with Crippen LogP contribution in [0.5, 0.6) is 0 Å². The molecule has 0 spiro atoms. The quantitative estimate of drug-likeness (QED) is 0.745. The van der Waals surface area contributed by atoms with Crippen LogP contribution in [0.15, 0.2) is 33.7 Å². The number of likely N-dealkylation sites (N-methyl/N-ethyl adjacent to an activating group) is 1. The first kappa shape index (κ1) is 13.3.